The van der Waals surface area contributed by atoms with Gasteiger partial charge < -0.3 is 19.1 Å². The molecule has 8 nitrogen and oxygen atoms in total. The van der Waals surface area contributed by atoms with Crippen LogP contribution in [-0.4, -0.2) is 69.2 Å². The predicted octanol–water partition coefficient (Wildman–Crippen LogP) is 3.62. The maximum absolute atomic E-state index is 12.2. The Morgan fingerprint density at radius 1 is 1.03 bits per heavy atom. The zero-order valence-corrected chi connectivity index (χ0v) is 19.5. The maximum atomic E-state index is 12.2. The molecule has 6 rings (SSSR count). The highest BCUT2D eigenvalue weighted by Gasteiger charge is 2.37. The van der Waals surface area contributed by atoms with Gasteiger partial charge in [0.1, 0.15) is 11.6 Å². The predicted molar refractivity (Wildman–Crippen MR) is 127 cm³/mol. The van der Waals surface area contributed by atoms with Crippen LogP contribution in [0.3, 0.4) is 0 Å². The molecule has 1 amide bonds. The Bertz CT molecular complexity index is 1220. The van der Waals surface area contributed by atoms with Crippen LogP contribution >= 0.6 is 11.6 Å². The third-order valence-corrected chi connectivity index (χ3v) is 7.43. The van der Waals surface area contributed by atoms with Gasteiger partial charge in [0.15, 0.2) is 17.0 Å². The number of carbonyl (C=O) groups is 1. The van der Waals surface area contributed by atoms with Gasteiger partial charge in [0.05, 0.1) is 5.02 Å². The minimum absolute atomic E-state index is 0.237. The van der Waals surface area contributed by atoms with E-state index >= 15 is 0 Å². The van der Waals surface area contributed by atoms with Crippen molar-refractivity contribution in [1.82, 2.24) is 24.4 Å². The van der Waals surface area contributed by atoms with Crippen LogP contribution in [0.25, 0.3) is 22.6 Å². The summed E-state index contributed by atoms with van der Waals surface area (Å²) in [4.78, 5) is 31.3. The van der Waals surface area contributed by atoms with Crippen molar-refractivity contribution in [3.05, 3.63) is 35.1 Å². The van der Waals surface area contributed by atoms with Gasteiger partial charge in [-0.25, -0.2) is 15.0 Å². The number of amides is 1. The molecular weight excluding hydrogens is 440 g/mol. The SMILES string of the molecule is Cc1nc(N2CCN3C(=O)CCC3C2)c2nc(-c3ccccc3Cl)n(C3CCOCC3)c2n1. The van der Waals surface area contributed by atoms with E-state index in [0.29, 0.717) is 11.4 Å². The van der Waals surface area contributed by atoms with Crippen molar-refractivity contribution >= 4 is 34.5 Å². The number of piperazine rings is 1. The molecule has 3 aliphatic rings. The zero-order valence-electron chi connectivity index (χ0n) is 18.7. The molecule has 0 bridgehead atoms. The van der Waals surface area contributed by atoms with Crippen molar-refractivity contribution in [2.24, 2.45) is 0 Å². The van der Waals surface area contributed by atoms with Crippen LogP contribution in [0.4, 0.5) is 5.82 Å². The first-order valence-corrected chi connectivity index (χ1v) is 12.1. The van der Waals surface area contributed by atoms with E-state index < -0.39 is 0 Å². The summed E-state index contributed by atoms with van der Waals surface area (Å²) in [5, 5.41) is 0.672. The van der Waals surface area contributed by atoms with E-state index in [1.54, 1.807) is 0 Å². The Morgan fingerprint density at radius 3 is 2.67 bits per heavy atom. The zero-order chi connectivity index (χ0) is 22.5. The van der Waals surface area contributed by atoms with Gasteiger partial charge >= 0.3 is 0 Å². The maximum Gasteiger partial charge on any atom is 0.223 e. The third-order valence-electron chi connectivity index (χ3n) is 7.10. The number of hydrogen-bond acceptors (Lipinski definition) is 6. The molecule has 0 aliphatic carbocycles. The summed E-state index contributed by atoms with van der Waals surface area (Å²) in [6.45, 7) is 5.64. The van der Waals surface area contributed by atoms with Crippen LogP contribution in [0.15, 0.2) is 24.3 Å². The molecule has 3 fully saturated rings. The lowest BCUT2D eigenvalue weighted by molar-refractivity contribution is -0.129. The summed E-state index contributed by atoms with van der Waals surface area (Å²) < 4.78 is 7.89. The summed E-state index contributed by atoms with van der Waals surface area (Å²) in [5.41, 5.74) is 2.56. The number of anilines is 1. The Labute approximate surface area is 197 Å². The van der Waals surface area contributed by atoms with E-state index in [-0.39, 0.29) is 18.0 Å². The highest BCUT2D eigenvalue weighted by Crippen LogP contribution is 2.38. The summed E-state index contributed by atoms with van der Waals surface area (Å²) in [6.07, 6.45) is 3.37. The monoisotopic (exact) mass is 466 g/mol. The van der Waals surface area contributed by atoms with Crippen molar-refractivity contribution < 1.29 is 9.53 Å². The first-order chi connectivity index (χ1) is 16.1. The van der Waals surface area contributed by atoms with E-state index in [0.717, 1.165) is 86.3 Å². The number of nitrogens with zero attached hydrogens (tertiary/aromatic N) is 6. The van der Waals surface area contributed by atoms with Crippen LogP contribution < -0.4 is 4.90 Å². The standard InChI is InChI=1S/C24H27ClN6O2/c1-15-26-23(29-10-11-30-17(14-29)6-7-20(30)32)21-24(27-15)31(16-8-12-33-13-9-16)22(28-21)18-4-2-3-5-19(18)25/h2-5,16-17H,6-14H2,1H3. The topological polar surface area (TPSA) is 76.4 Å². The Hall–Kier alpha value is -2.71. The number of aryl methyl sites for hydroxylation is 1. The number of hydrogen-bond donors (Lipinski definition) is 0. The number of halogens is 1. The van der Waals surface area contributed by atoms with Gasteiger partial charge in [-0.05, 0) is 38.3 Å². The van der Waals surface area contributed by atoms with Crippen LogP contribution in [0.1, 0.15) is 37.5 Å². The van der Waals surface area contributed by atoms with Gasteiger partial charge in [-0.1, -0.05) is 23.7 Å². The molecular formula is C24H27ClN6O2. The molecule has 1 aromatic carbocycles. The third kappa shape index (κ3) is 3.56. The van der Waals surface area contributed by atoms with Gasteiger partial charge in [0.25, 0.3) is 0 Å². The number of ether oxygens (including phenoxy) is 1. The van der Waals surface area contributed by atoms with Crippen LogP contribution in [0.5, 0.6) is 0 Å². The fourth-order valence-electron chi connectivity index (χ4n) is 5.46. The van der Waals surface area contributed by atoms with Crippen molar-refractivity contribution in [3.8, 4) is 11.4 Å². The second-order valence-corrected chi connectivity index (χ2v) is 9.53. The molecule has 0 N–H and O–H groups in total. The van der Waals surface area contributed by atoms with E-state index in [1.807, 2.05) is 36.1 Å². The van der Waals surface area contributed by atoms with E-state index in [4.69, 9.17) is 31.3 Å². The molecule has 172 valence electrons. The van der Waals surface area contributed by atoms with Crippen LogP contribution in [-0.2, 0) is 9.53 Å². The van der Waals surface area contributed by atoms with Gasteiger partial charge in [-0.3, -0.25) is 4.79 Å². The smallest absolute Gasteiger partial charge is 0.223 e. The largest absolute Gasteiger partial charge is 0.381 e. The van der Waals surface area contributed by atoms with Gasteiger partial charge in [0.2, 0.25) is 5.91 Å². The average Bonchev–Trinajstić information content (AvgIpc) is 3.39. The van der Waals surface area contributed by atoms with Crippen molar-refractivity contribution in [1.29, 1.82) is 0 Å². The van der Waals surface area contributed by atoms with E-state index in [9.17, 15) is 4.79 Å². The van der Waals surface area contributed by atoms with Gasteiger partial charge in [0, 0.05) is 56.9 Å². The fourth-order valence-corrected chi connectivity index (χ4v) is 5.68. The number of carbonyl (C=O) groups excluding carboxylic acids is 1. The summed E-state index contributed by atoms with van der Waals surface area (Å²) in [7, 11) is 0. The molecule has 0 saturated carbocycles. The number of benzene rings is 1. The summed E-state index contributed by atoms with van der Waals surface area (Å²) >= 11 is 6.63. The van der Waals surface area contributed by atoms with Crippen LogP contribution in [0, 0.1) is 6.92 Å². The van der Waals surface area contributed by atoms with Gasteiger partial charge in [-0.15, -0.1) is 0 Å². The summed E-state index contributed by atoms with van der Waals surface area (Å²) in [6, 6.07) is 8.33. The number of fused-ring (bicyclic) bond motifs is 2. The average molecular weight is 467 g/mol. The number of rotatable bonds is 3. The molecule has 3 aromatic rings. The normalized spacial score (nSPS) is 21.8. The Kier molecular flexibility index (Phi) is 5.22. The fraction of sp³-hybridized carbons (Fsp3) is 0.500. The molecule has 1 unspecified atom stereocenters. The highest BCUT2D eigenvalue weighted by molar-refractivity contribution is 6.33. The van der Waals surface area contributed by atoms with Crippen LogP contribution in [0.2, 0.25) is 5.02 Å². The lowest BCUT2D eigenvalue weighted by atomic mass is 10.1. The second kappa shape index (κ2) is 8.25. The molecule has 9 heteroatoms. The molecule has 0 spiro atoms. The minimum Gasteiger partial charge on any atom is -0.381 e. The van der Waals surface area contributed by atoms with E-state index in [1.165, 1.54) is 0 Å². The molecule has 3 aliphatic heterocycles. The molecule has 2 aromatic heterocycles. The molecule has 0 radical (unpaired) electrons. The number of imidazole rings is 1. The summed E-state index contributed by atoms with van der Waals surface area (Å²) in [5.74, 6) is 2.68. The highest BCUT2D eigenvalue weighted by atomic mass is 35.5. The Morgan fingerprint density at radius 2 is 1.85 bits per heavy atom. The first-order valence-electron chi connectivity index (χ1n) is 11.7. The van der Waals surface area contributed by atoms with Gasteiger partial charge in [-0.2, -0.15) is 0 Å². The molecule has 33 heavy (non-hydrogen) atoms. The Balaban J connectivity index is 1.51. The van der Waals surface area contributed by atoms with E-state index in [2.05, 4.69) is 9.47 Å². The van der Waals surface area contributed by atoms with Crippen molar-refractivity contribution in [2.45, 2.75) is 44.7 Å². The van der Waals surface area contributed by atoms with Crippen molar-refractivity contribution in [2.75, 3.05) is 37.7 Å². The number of aromatic nitrogens is 4. The molecule has 5 heterocycles. The minimum atomic E-state index is 0.237. The quantitative estimate of drug-likeness (QED) is 0.586. The lowest BCUT2D eigenvalue weighted by Crippen LogP contribution is -2.51. The molecule has 3 saturated heterocycles. The lowest BCUT2D eigenvalue weighted by Gasteiger charge is -2.38. The molecule has 1 atom stereocenters. The van der Waals surface area contributed by atoms with Crippen molar-refractivity contribution in [3.63, 3.8) is 0 Å². The first kappa shape index (κ1) is 20.9. The second-order valence-electron chi connectivity index (χ2n) is 9.12.